The van der Waals surface area contributed by atoms with Gasteiger partial charge in [-0.2, -0.15) is 0 Å². The summed E-state index contributed by atoms with van der Waals surface area (Å²) >= 11 is 4.77. The van der Waals surface area contributed by atoms with Crippen LogP contribution in [0, 0.1) is 11.8 Å². The van der Waals surface area contributed by atoms with E-state index in [-0.39, 0.29) is 17.7 Å². The highest BCUT2D eigenvalue weighted by Gasteiger charge is 2.30. The first kappa shape index (κ1) is 25.8. The molecule has 8 nitrogen and oxygen atoms in total. The number of hydrogen-bond acceptors (Lipinski definition) is 7. The van der Waals surface area contributed by atoms with Crippen LogP contribution in [-0.4, -0.2) is 53.4 Å². The summed E-state index contributed by atoms with van der Waals surface area (Å²) in [5.74, 6) is 1.13. The quantitative estimate of drug-likeness (QED) is 0.369. The molecule has 3 heterocycles. The van der Waals surface area contributed by atoms with Crippen molar-refractivity contribution in [3.8, 4) is 16.5 Å². The molecule has 2 N–H and O–H groups in total. The third kappa shape index (κ3) is 6.74. The Kier molecular flexibility index (Phi) is 8.17. The lowest BCUT2D eigenvalue weighted by atomic mass is 9.97. The molecule has 0 bridgehead atoms. The van der Waals surface area contributed by atoms with Crippen LogP contribution < -0.4 is 15.4 Å². The number of nitrogens with one attached hydrogen (secondary N) is 2. The van der Waals surface area contributed by atoms with Crippen molar-refractivity contribution in [1.29, 1.82) is 0 Å². The smallest absolute Gasteiger partial charge is 0.266 e. The summed E-state index contributed by atoms with van der Waals surface area (Å²) in [7, 11) is 1.60. The number of benzene rings is 1. The van der Waals surface area contributed by atoms with E-state index in [0.717, 1.165) is 55.4 Å². The lowest BCUT2D eigenvalue weighted by molar-refractivity contribution is -0.117. The molecule has 0 radical (unpaired) electrons. The van der Waals surface area contributed by atoms with E-state index in [1.54, 1.807) is 19.3 Å². The summed E-state index contributed by atoms with van der Waals surface area (Å²) in [5, 5.41) is 6.21. The zero-order chi connectivity index (χ0) is 25.8. The Morgan fingerprint density at radius 3 is 2.59 bits per heavy atom. The van der Waals surface area contributed by atoms with E-state index in [9.17, 15) is 9.59 Å². The van der Waals surface area contributed by atoms with E-state index in [1.807, 2.05) is 6.07 Å². The van der Waals surface area contributed by atoms with Crippen LogP contribution in [0.25, 0.3) is 10.6 Å². The second kappa shape index (κ2) is 11.7. The molecule has 3 aromatic rings. The first-order chi connectivity index (χ1) is 18.0. The van der Waals surface area contributed by atoms with Gasteiger partial charge in [0, 0.05) is 35.7 Å². The molecule has 1 saturated carbocycles. The van der Waals surface area contributed by atoms with Gasteiger partial charge in [-0.25, -0.2) is 9.97 Å². The highest BCUT2D eigenvalue weighted by Crippen LogP contribution is 2.35. The third-order valence-corrected chi connectivity index (χ3v) is 8.33. The SMILES string of the molecule is CNC(=O)c1sc(-c2ccnc(NC(=O)C3CC3)c2)nc1OCC1CCN(Cc2ccc(Br)cc2)CC1. The second-order valence-corrected chi connectivity index (χ2v) is 11.5. The van der Waals surface area contributed by atoms with E-state index in [2.05, 4.69) is 65.7 Å². The minimum Gasteiger partial charge on any atom is -0.476 e. The van der Waals surface area contributed by atoms with Gasteiger partial charge in [0.05, 0.1) is 6.61 Å². The van der Waals surface area contributed by atoms with Crippen LogP contribution in [0.1, 0.15) is 40.9 Å². The van der Waals surface area contributed by atoms with Crippen molar-refractivity contribution < 1.29 is 14.3 Å². The van der Waals surface area contributed by atoms with E-state index in [4.69, 9.17) is 4.74 Å². The fraction of sp³-hybridized carbons (Fsp3) is 0.407. The zero-order valence-corrected chi connectivity index (χ0v) is 23.1. The highest BCUT2D eigenvalue weighted by molar-refractivity contribution is 9.10. The largest absolute Gasteiger partial charge is 0.476 e. The maximum absolute atomic E-state index is 12.6. The Bertz CT molecular complexity index is 1250. The van der Waals surface area contributed by atoms with Crippen molar-refractivity contribution in [3.63, 3.8) is 0 Å². The number of likely N-dealkylation sites (tertiary alicyclic amines) is 1. The van der Waals surface area contributed by atoms with Gasteiger partial charge in [-0.3, -0.25) is 14.5 Å². The summed E-state index contributed by atoms with van der Waals surface area (Å²) in [4.78, 5) is 36.5. The van der Waals surface area contributed by atoms with Gasteiger partial charge < -0.3 is 15.4 Å². The van der Waals surface area contributed by atoms with E-state index < -0.39 is 0 Å². The van der Waals surface area contributed by atoms with Crippen LogP contribution in [0.2, 0.25) is 0 Å². The van der Waals surface area contributed by atoms with Crippen molar-refractivity contribution in [2.24, 2.45) is 11.8 Å². The maximum atomic E-state index is 12.6. The average molecular weight is 585 g/mol. The number of carbonyl (C=O) groups is 2. The Morgan fingerprint density at radius 1 is 1.14 bits per heavy atom. The lowest BCUT2D eigenvalue weighted by Gasteiger charge is -2.31. The van der Waals surface area contributed by atoms with Crippen LogP contribution in [0.4, 0.5) is 5.82 Å². The molecule has 0 spiro atoms. The third-order valence-electron chi connectivity index (χ3n) is 6.72. The van der Waals surface area contributed by atoms with Gasteiger partial charge in [-0.15, -0.1) is 11.3 Å². The van der Waals surface area contributed by atoms with E-state index in [0.29, 0.717) is 34.1 Å². The summed E-state index contributed by atoms with van der Waals surface area (Å²) in [6.07, 6.45) is 5.58. The molecule has 1 aliphatic carbocycles. The van der Waals surface area contributed by atoms with E-state index in [1.165, 1.54) is 16.9 Å². The molecule has 194 valence electrons. The van der Waals surface area contributed by atoms with Crippen molar-refractivity contribution in [2.45, 2.75) is 32.2 Å². The van der Waals surface area contributed by atoms with Crippen LogP contribution >= 0.6 is 27.3 Å². The Morgan fingerprint density at radius 2 is 1.89 bits per heavy atom. The van der Waals surface area contributed by atoms with Crippen molar-refractivity contribution in [2.75, 3.05) is 32.1 Å². The number of aromatic nitrogens is 2. The molecule has 1 saturated heterocycles. The van der Waals surface area contributed by atoms with Gasteiger partial charge >= 0.3 is 0 Å². The molecule has 0 unspecified atom stereocenters. The number of amides is 2. The van der Waals surface area contributed by atoms with Gasteiger partial charge in [0.1, 0.15) is 10.8 Å². The Labute approximate surface area is 229 Å². The molecule has 2 aromatic heterocycles. The fourth-order valence-corrected chi connectivity index (χ4v) is 5.56. The van der Waals surface area contributed by atoms with Crippen LogP contribution in [-0.2, 0) is 11.3 Å². The minimum atomic E-state index is -0.223. The molecule has 2 amide bonds. The number of nitrogens with zero attached hydrogens (tertiary/aromatic N) is 3. The summed E-state index contributed by atoms with van der Waals surface area (Å²) in [6, 6.07) is 12.1. The first-order valence-electron chi connectivity index (χ1n) is 12.6. The molecule has 2 fully saturated rings. The highest BCUT2D eigenvalue weighted by atomic mass is 79.9. The maximum Gasteiger partial charge on any atom is 0.266 e. The zero-order valence-electron chi connectivity index (χ0n) is 20.7. The molecule has 10 heteroatoms. The summed E-state index contributed by atoms with van der Waals surface area (Å²) < 4.78 is 7.23. The molecular weight excluding hydrogens is 554 g/mol. The molecule has 1 aliphatic heterocycles. The number of pyridine rings is 1. The van der Waals surface area contributed by atoms with Gasteiger partial charge in [-0.05, 0) is 74.5 Å². The topological polar surface area (TPSA) is 96.5 Å². The number of ether oxygens (including phenoxy) is 1. The van der Waals surface area contributed by atoms with Crippen molar-refractivity contribution >= 4 is 44.9 Å². The molecule has 1 aromatic carbocycles. The number of thiazole rings is 1. The number of halogens is 1. The first-order valence-corrected chi connectivity index (χ1v) is 14.2. The Hall–Kier alpha value is -2.82. The summed E-state index contributed by atoms with van der Waals surface area (Å²) in [6.45, 7) is 3.51. The molecular formula is C27H30BrN5O3S. The van der Waals surface area contributed by atoms with E-state index >= 15 is 0 Å². The molecule has 5 rings (SSSR count). The van der Waals surface area contributed by atoms with Gasteiger partial charge in [-0.1, -0.05) is 28.1 Å². The number of rotatable bonds is 9. The van der Waals surface area contributed by atoms with Crippen LogP contribution in [0.5, 0.6) is 5.88 Å². The number of piperidine rings is 1. The molecule has 0 atom stereocenters. The average Bonchev–Trinajstić information content (AvgIpc) is 3.69. The van der Waals surface area contributed by atoms with Gasteiger partial charge in [0.15, 0.2) is 4.88 Å². The van der Waals surface area contributed by atoms with Gasteiger partial charge in [0.25, 0.3) is 5.91 Å². The van der Waals surface area contributed by atoms with Gasteiger partial charge in [0.2, 0.25) is 11.8 Å². The van der Waals surface area contributed by atoms with Crippen molar-refractivity contribution in [3.05, 3.63) is 57.5 Å². The molecule has 2 aliphatic rings. The van der Waals surface area contributed by atoms with Crippen molar-refractivity contribution in [1.82, 2.24) is 20.2 Å². The summed E-state index contributed by atoms with van der Waals surface area (Å²) in [5.41, 5.74) is 2.10. The number of carbonyl (C=O) groups excluding carboxylic acids is 2. The predicted molar refractivity (Wildman–Crippen MR) is 148 cm³/mol. The Balaban J connectivity index is 1.20. The number of hydrogen-bond donors (Lipinski definition) is 2. The predicted octanol–water partition coefficient (Wildman–Crippen LogP) is 4.97. The number of anilines is 1. The van der Waals surface area contributed by atoms with Crippen LogP contribution in [0.15, 0.2) is 47.1 Å². The lowest BCUT2D eigenvalue weighted by Crippen LogP contribution is -2.35. The van der Waals surface area contributed by atoms with Crippen LogP contribution in [0.3, 0.4) is 0 Å². The normalized spacial score (nSPS) is 16.4. The minimum absolute atomic E-state index is 0.00162. The molecule has 37 heavy (non-hydrogen) atoms. The fourth-order valence-electron chi connectivity index (χ4n) is 4.35. The monoisotopic (exact) mass is 583 g/mol. The standard InChI is InChI=1S/C27H30BrN5O3S/c1-29-25(35)23-26(32-27(37-23)20-8-11-30-22(14-20)31-24(34)19-4-5-19)36-16-18-9-12-33(13-10-18)15-17-2-6-21(28)7-3-17/h2-3,6-8,11,14,18-19H,4-5,9-10,12-13,15-16H2,1H3,(H,29,35)(H,30,31,34). The second-order valence-electron chi connectivity index (χ2n) is 9.58.